The van der Waals surface area contributed by atoms with Crippen LogP contribution in [0.15, 0.2) is 0 Å². The third kappa shape index (κ3) is 4.36. The van der Waals surface area contributed by atoms with Crippen LogP contribution in [-0.4, -0.2) is 72.9 Å². The number of sulfone groups is 1. The quantitative estimate of drug-likeness (QED) is 0.776. The van der Waals surface area contributed by atoms with Crippen molar-refractivity contribution in [3.63, 3.8) is 0 Å². The zero-order valence-corrected chi connectivity index (χ0v) is 14.6. The van der Waals surface area contributed by atoms with Crippen molar-refractivity contribution < 1.29 is 13.2 Å². The molecule has 7 heteroatoms. The van der Waals surface area contributed by atoms with Crippen molar-refractivity contribution in [3.05, 3.63) is 0 Å². The Morgan fingerprint density at radius 2 is 1.76 bits per heavy atom. The Hall–Kier alpha value is -0.270. The van der Waals surface area contributed by atoms with Crippen molar-refractivity contribution in [2.24, 2.45) is 0 Å². The topological polar surface area (TPSA) is 57.7 Å². The summed E-state index contributed by atoms with van der Waals surface area (Å²) in [6.07, 6.45) is 5.94. The van der Waals surface area contributed by atoms with Gasteiger partial charge in [0, 0.05) is 24.3 Å². The van der Waals surface area contributed by atoms with E-state index in [4.69, 9.17) is 0 Å². The summed E-state index contributed by atoms with van der Waals surface area (Å²) in [6, 6.07) is -0.213. The van der Waals surface area contributed by atoms with Crippen LogP contribution in [0.4, 0.5) is 0 Å². The third-order valence-electron chi connectivity index (χ3n) is 4.41. The number of thioether (sulfide) groups is 1. The third-order valence-corrected chi connectivity index (χ3v) is 7.05. The fourth-order valence-electron chi connectivity index (χ4n) is 3.07. The molecule has 2 rings (SSSR count). The Balaban J connectivity index is 2.08. The van der Waals surface area contributed by atoms with Gasteiger partial charge >= 0.3 is 0 Å². The van der Waals surface area contributed by atoms with Crippen LogP contribution in [0.1, 0.15) is 32.6 Å². The number of likely N-dealkylation sites (tertiary alicyclic amines) is 1. The highest BCUT2D eigenvalue weighted by molar-refractivity contribution is 8.00. The first-order valence-corrected chi connectivity index (χ1v) is 10.8. The minimum absolute atomic E-state index is 0.0207. The molecule has 2 saturated heterocycles. The van der Waals surface area contributed by atoms with E-state index in [0.29, 0.717) is 12.3 Å². The van der Waals surface area contributed by atoms with Gasteiger partial charge in [-0.25, -0.2) is 8.42 Å². The van der Waals surface area contributed by atoms with Crippen LogP contribution in [-0.2, 0) is 14.6 Å². The predicted molar refractivity (Wildman–Crippen MR) is 87.2 cm³/mol. The lowest BCUT2D eigenvalue weighted by Gasteiger charge is -2.38. The molecular formula is C14H26N2O3S2. The molecule has 0 saturated carbocycles. The molecule has 0 bridgehead atoms. The van der Waals surface area contributed by atoms with Gasteiger partial charge in [-0.1, -0.05) is 12.8 Å². The van der Waals surface area contributed by atoms with E-state index < -0.39 is 15.2 Å². The summed E-state index contributed by atoms with van der Waals surface area (Å²) in [7, 11) is -3.23. The molecule has 0 spiro atoms. The second-order valence-electron chi connectivity index (χ2n) is 6.02. The van der Waals surface area contributed by atoms with Gasteiger partial charge in [-0.2, -0.15) is 11.8 Å². The average molecular weight is 335 g/mol. The number of nitrogens with zero attached hydrogens (tertiary/aromatic N) is 2. The van der Waals surface area contributed by atoms with Gasteiger partial charge in [0.2, 0.25) is 5.91 Å². The van der Waals surface area contributed by atoms with Crippen molar-refractivity contribution in [3.8, 4) is 0 Å². The van der Waals surface area contributed by atoms with Crippen molar-refractivity contribution >= 4 is 27.5 Å². The number of carbonyl (C=O) groups is 1. The van der Waals surface area contributed by atoms with E-state index in [0.717, 1.165) is 31.7 Å². The molecule has 0 aromatic carbocycles. The largest absolute Gasteiger partial charge is 0.323 e. The van der Waals surface area contributed by atoms with E-state index in [1.807, 2.05) is 6.92 Å². The van der Waals surface area contributed by atoms with Gasteiger partial charge in [-0.15, -0.1) is 0 Å². The lowest BCUT2D eigenvalue weighted by atomic mass is 10.2. The van der Waals surface area contributed by atoms with Crippen LogP contribution in [0.5, 0.6) is 0 Å². The summed E-state index contributed by atoms with van der Waals surface area (Å²) in [5.74, 6) is 1.30. The summed E-state index contributed by atoms with van der Waals surface area (Å²) in [5.41, 5.74) is 0. The van der Waals surface area contributed by atoms with Crippen LogP contribution in [0, 0.1) is 0 Å². The number of carbonyl (C=O) groups excluding carboxylic acids is 1. The Bertz CT molecular complexity index is 459. The molecule has 2 unspecified atom stereocenters. The number of hydrogen-bond acceptors (Lipinski definition) is 5. The first-order valence-electron chi connectivity index (χ1n) is 7.72. The summed E-state index contributed by atoms with van der Waals surface area (Å²) in [6.45, 7) is 4.35. The zero-order valence-electron chi connectivity index (χ0n) is 13.0. The number of rotatable bonds is 3. The Morgan fingerprint density at radius 1 is 1.14 bits per heavy atom. The highest BCUT2D eigenvalue weighted by atomic mass is 32.2. The Labute approximate surface area is 132 Å². The molecular weight excluding hydrogens is 308 g/mol. The van der Waals surface area contributed by atoms with E-state index >= 15 is 0 Å². The molecule has 5 nitrogen and oxygen atoms in total. The SMILES string of the molecule is CC(C(=O)N1CCSCC1S(C)(=O)=O)N1CCCCCC1. The number of amides is 1. The van der Waals surface area contributed by atoms with E-state index in [-0.39, 0.29) is 11.9 Å². The molecule has 0 radical (unpaired) electrons. The summed E-state index contributed by atoms with van der Waals surface area (Å²) in [4.78, 5) is 16.6. The molecule has 1 amide bonds. The average Bonchev–Trinajstić information content (AvgIpc) is 2.74. The monoisotopic (exact) mass is 334 g/mol. The smallest absolute Gasteiger partial charge is 0.240 e. The van der Waals surface area contributed by atoms with E-state index in [9.17, 15) is 13.2 Å². The molecule has 2 aliphatic heterocycles. The maximum Gasteiger partial charge on any atom is 0.240 e. The molecule has 0 aliphatic carbocycles. The minimum atomic E-state index is -3.23. The summed E-state index contributed by atoms with van der Waals surface area (Å²) in [5, 5.41) is -0.654. The van der Waals surface area contributed by atoms with E-state index in [2.05, 4.69) is 4.90 Å². The molecule has 122 valence electrons. The lowest BCUT2D eigenvalue weighted by Crippen LogP contribution is -2.56. The lowest BCUT2D eigenvalue weighted by molar-refractivity contribution is -0.136. The summed E-state index contributed by atoms with van der Waals surface area (Å²) < 4.78 is 23.9. The van der Waals surface area contributed by atoms with Gasteiger partial charge in [-0.05, 0) is 32.9 Å². The van der Waals surface area contributed by atoms with Crippen molar-refractivity contribution in [1.82, 2.24) is 9.80 Å². The molecule has 0 aromatic rings. The van der Waals surface area contributed by atoms with Gasteiger partial charge in [0.1, 0.15) is 5.37 Å². The highest BCUT2D eigenvalue weighted by Crippen LogP contribution is 2.23. The highest BCUT2D eigenvalue weighted by Gasteiger charge is 2.37. The first kappa shape index (κ1) is 17.1. The fourth-order valence-corrected chi connectivity index (χ4v) is 5.89. The molecule has 2 heterocycles. The Kier molecular flexibility index (Phi) is 5.96. The second-order valence-corrected chi connectivity index (χ2v) is 9.37. The molecule has 0 N–H and O–H groups in total. The van der Waals surface area contributed by atoms with Crippen LogP contribution < -0.4 is 0 Å². The van der Waals surface area contributed by atoms with Gasteiger partial charge in [0.15, 0.2) is 9.84 Å². The van der Waals surface area contributed by atoms with Gasteiger partial charge in [0.05, 0.1) is 6.04 Å². The molecule has 2 aliphatic rings. The van der Waals surface area contributed by atoms with Gasteiger partial charge in [-0.3, -0.25) is 9.69 Å². The van der Waals surface area contributed by atoms with Crippen LogP contribution in [0.3, 0.4) is 0 Å². The predicted octanol–water partition coefficient (Wildman–Crippen LogP) is 1.20. The van der Waals surface area contributed by atoms with Crippen molar-refractivity contribution in [2.45, 2.75) is 44.0 Å². The second kappa shape index (κ2) is 7.33. The van der Waals surface area contributed by atoms with Gasteiger partial charge < -0.3 is 4.90 Å². The van der Waals surface area contributed by atoms with E-state index in [1.54, 1.807) is 16.7 Å². The maximum atomic E-state index is 12.8. The van der Waals surface area contributed by atoms with Crippen LogP contribution >= 0.6 is 11.8 Å². The first-order chi connectivity index (χ1) is 9.91. The molecule has 21 heavy (non-hydrogen) atoms. The molecule has 2 fully saturated rings. The van der Waals surface area contributed by atoms with Crippen LogP contribution in [0.25, 0.3) is 0 Å². The molecule has 2 atom stereocenters. The fraction of sp³-hybridized carbons (Fsp3) is 0.929. The van der Waals surface area contributed by atoms with Crippen LogP contribution in [0.2, 0.25) is 0 Å². The standard InChI is InChI=1S/C14H26N2O3S2/c1-12(15-7-5-3-4-6-8-15)14(17)16-9-10-20-11-13(16)21(2,18)19/h12-13H,3-11H2,1-2H3. The maximum absolute atomic E-state index is 12.8. The number of hydrogen-bond donors (Lipinski definition) is 0. The summed E-state index contributed by atoms with van der Waals surface area (Å²) >= 11 is 1.62. The molecule has 0 aromatic heterocycles. The minimum Gasteiger partial charge on any atom is -0.323 e. The normalized spacial score (nSPS) is 27.1. The van der Waals surface area contributed by atoms with Gasteiger partial charge in [0.25, 0.3) is 0 Å². The van der Waals surface area contributed by atoms with Crippen molar-refractivity contribution in [1.29, 1.82) is 0 Å². The zero-order chi connectivity index (χ0) is 15.5. The Morgan fingerprint density at radius 3 is 2.33 bits per heavy atom. The van der Waals surface area contributed by atoms with Crippen molar-refractivity contribution in [2.75, 3.05) is 37.4 Å². The van der Waals surface area contributed by atoms with E-state index in [1.165, 1.54) is 19.1 Å².